The van der Waals surface area contributed by atoms with Crippen LogP contribution in [0.5, 0.6) is 5.75 Å². The van der Waals surface area contributed by atoms with Crippen LogP contribution in [0.2, 0.25) is 0 Å². The van der Waals surface area contributed by atoms with E-state index in [0.29, 0.717) is 5.75 Å². The number of fused-ring (bicyclic) bond motifs is 1. The van der Waals surface area contributed by atoms with Crippen LogP contribution < -0.4 is 10.2 Å². The van der Waals surface area contributed by atoms with Gasteiger partial charge in [0, 0.05) is 22.7 Å². The van der Waals surface area contributed by atoms with Gasteiger partial charge in [0.1, 0.15) is 5.75 Å². The van der Waals surface area contributed by atoms with Crippen molar-refractivity contribution in [2.75, 3.05) is 6.61 Å². The molecule has 1 heterocycles. The Balaban J connectivity index is 1.56. The number of aromatic amines is 1. The Kier molecular flexibility index (Phi) is 4.61. The van der Waals surface area contributed by atoms with E-state index >= 15 is 0 Å². The molecule has 0 aliphatic heterocycles. The first kappa shape index (κ1) is 15.8. The van der Waals surface area contributed by atoms with Crippen LogP contribution in [0, 0.1) is 13.8 Å². The third-order valence-electron chi connectivity index (χ3n) is 3.72. The number of rotatable bonds is 5. The second-order valence-corrected chi connectivity index (χ2v) is 5.64. The van der Waals surface area contributed by atoms with Crippen LogP contribution in [0.3, 0.4) is 0 Å². The summed E-state index contributed by atoms with van der Waals surface area (Å²) < 4.78 is 5.55. The quantitative estimate of drug-likeness (QED) is 0.559. The van der Waals surface area contributed by atoms with E-state index in [-0.39, 0.29) is 12.5 Å². The Bertz CT molecular complexity index is 897. The number of hydrogen-bond donors (Lipinski definition) is 2. The summed E-state index contributed by atoms with van der Waals surface area (Å²) in [7, 11) is 0. The molecule has 122 valence electrons. The maximum absolute atomic E-state index is 11.8. The van der Waals surface area contributed by atoms with Crippen molar-refractivity contribution in [3.8, 4) is 5.75 Å². The Morgan fingerprint density at radius 1 is 1.25 bits per heavy atom. The first-order valence-corrected chi connectivity index (χ1v) is 7.71. The number of amides is 1. The highest BCUT2D eigenvalue weighted by Crippen LogP contribution is 2.19. The van der Waals surface area contributed by atoms with Gasteiger partial charge in [0.15, 0.2) is 6.61 Å². The molecule has 0 unspecified atom stereocenters. The maximum atomic E-state index is 11.8. The molecule has 0 radical (unpaired) electrons. The first-order chi connectivity index (χ1) is 11.6. The summed E-state index contributed by atoms with van der Waals surface area (Å²) in [5.74, 6) is 0.415. The fraction of sp³-hybridized carbons (Fsp3) is 0.158. The molecule has 3 aromatic rings. The molecule has 1 aromatic heterocycles. The first-order valence-electron chi connectivity index (χ1n) is 7.71. The zero-order chi connectivity index (χ0) is 16.9. The van der Waals surface area contributed by atoms with Crippen molar-refractivity contribution in [3.05, 3.63) is 65.4 Å². The van der Waals surface area contributed by atoms with Crippen LogP contribution in [0.1, 0.15) is 16.7 Å². The Labute approximate surface area is 140 Å². The van der Waals surface area contributed by atoms with Crippen LogP contribution in [0.15, 0.2) is 53.8 Å². The van der Waals surface area contributed by atoms with Gasteiger partial charge >= 0.3 is 0 Å². The van der Waals surface area contributed by atoms with E-state index in [4.69, 9.17) is 4.74 Å². The van der Waals surface area contributed by atoms with Gasteiger partial charge < -0.3 is 9.72 Å². The van der Waals surface area contributed by atoms with Crippen molar-refractivity contribution in [1.29, 1.82) is 0 Å². The molecule has 3 rings (SSSR count). The highest BCUT2D eigenvalue weighted by molar-refractivity contribution is 5.99. The number of nitrogens with zero attached hydrogens (tertiary/aromatic N) is 1. The predicted octanol–water partition coefficient (Wildman–Crippen LogP) is 3.31. The van der Waals surface area contributed by atoms with E-state index in [1.165, 1.54) is 0 Å². The van der Waals surface area contributed by atoms with E-state index in [1.807, 2.05) is 62.5 Å². The van der Waals surface area contributed by atoms with E-state index in [0.717, 1.165) is 27.6 Å². The van der Waals surface area contributed by atoms with Gasteiger partial charge in [-0.15, -0.1) is 0 Å². The van der Waals surface area contributed by atoms with Gasteiger partial charge in [-0.25, -0.2) is 5.43 Å². The lowest BCUT2D eigenvalue weighted by Gasteiger charge is -2.08. The summed E-state index contributed by atoms with van der Waals surface area (Å²) in [4.78, 5) is 15.0. The van der Waals surface area contributed by atoms with Gasteiger partial charge in [0.25, 0.3) is 5.91 Å². The molecule has 0 saturated heterocycles. The Morgan fingerprint density at radius 3 is 2.96 bits per heavy atom. The third-order valence-corrected chi connectivity index (χ3v) is 3.72. The number of para-hydroxylation sites is 1. The Morgan fingerprint density at radius 2 is 2.08 bits per heavy atom. The molecule has 0 atom stereocenters. The maximum Gasteiger partial charge on any atom is 0.277 e. The van der Waals surface area contributed by atoms with Crippen molar-refractivity contribution in [2.24, 2.45) is 5.10 Å². The molecule has 0 fully saturated rings. The van der Waals surface area contributed by atoms with Crippen molar-refractivity contribution < 1.29 is 9.53 Å². The van der Waals surface area contributed by atoms with Crippen LogP contribution in [0.25, 0.3) is 10.9 Å². The second kappa shape index (κ2) is 7.00. The lowest BCUT2D eigenvalue weighted by atomic mass is 10.1. The topological polar surface area (TPSA) is 66.5 Å². The number of ether oxygens (including phenoxy) is 1. The van der Waals surface area contributed by atoms with Gasteiger partial charge in [-0.2, -0.15) is 5.10 Å². The van der Waals surface area contributed by atoms with Gasteiger partial charge in [0.05, 0.1) is 6.21 Å². The molecule has 0 aliphatic rings. The molecule has 2 N–H and O–H groups in total. The average molecular weight is 321 g/mol. The summed E-state index contributed by atoms with van der Waals surface area (Å²) in [6, 6.07) is 13.8. The van der Waals surface area contributed by atoms with Gasteiger partial charge in [0.2, 0.25) is 0 Å². The van der Waals surface area contributed by atoms with Crippen molar-refractivity contribution in [3.63, 3.8) is 0 Å². The lowest BCUT2D eigenvalue weighted by molar-refractivity contribution is -0.123. The minimum absolute atomic E-state index is 0.0739. The van der Waals surface area contributed by atoms with Crippen LogP contribution in [-0.4, -0.2) is 23.7 Å². The third kappa shape index (κ3) is 3.63. The van der Waals surface area contributed by atoms with E-state index in [1.54, 1.807) is 6.21 Å². The summed E-state index contributed by atoms with van der Waals surface area (Å²) >= 11 is 0. The summed E-state index contributed by atoms with van der Waals surface area (Å²) in [5.41, 5.74) is 6.52. The molecule has 0 aliphatic carbocycles. The minimum Gasteiger partial charge on any atom is -0.483 e. The molecule has 0 bridgehead atoms. The Hall–Kier alpha value is -3.08. The molecule has 1 amide bonds. The fourth-order valence-electron chi connectivity index (χ4n) is 2.41. The molecule has 24 heavy (non-hydrogen) atoms. The zero-order valence-corrected chi connectivity index (χ0v) is 13.7. The number of aromatic nitrogens is 1. The normalized spacial score (nSPS) is 11.1. The molecule has 2 aromatic carbocycles. The van der Waals surface area contributed by atoms with Crippen LogP contribution in [-0.2, 0) is 4.79 Å². The largest absolute Gasteiger partial charge is 0.483 e. The van der Waals surface area contributed by atoms with Gasteiger partial charge in [-0.05, 0) is 37.1 Å². The minimum atomic E-state index is -0.299. The van der Waals surface area contributed by atoms with Crippen molar-refractivity contribution >= 4 is 23.0 Å². The SMILES string of the molecule is Cc1ccc(C)c(OCC(=O)NN=Cc2c[nH]c3ccccc23)c1. The smallest absolute Gasteiger partial charge is 0.277 e. The number of hydrazone groups is 1. The van der Waals surface area contributed by atoms with E-state index in [9.17, 15) is 4.79 Å². The van der Waals surface area contributed by atoms with Crippen LogP contribution >= 0.6 is 0 Å². The molecule has 5 nitrogen and oxygen atoms in total. The summed E-state index contributed by atoms with van der Waals surface area (Å²) in [6.07, 6.45) is 3.47. The van der Waals surface area contributed by atoms with Gasteiger partial charge in [-0.1, -0.05) is 30.3 Å². The molecule has 0 saturated carbocycles. The van der Waals surface area contributed by atoms with Crippen molar-refractivity contribution in [1.82, 2.24) is 10.4 Å². The number of carbonyl (C=O) groups is 1. The standard InChI is InChI=1S/C19H19N3O2/c1-13-7-8-14(2)18(9-13)24-12-19(23)22-21-11-15-10-20-17-6-4-3-5-16(15)17/h3-11,20H,12H2,1-2H3,(H,22,23). The highest BCUT2D eigenvalue weighted by Gasteiger charge is 2.05. The number of hydrogen-bond acceptors (Lipinski definition) is 3. The molecule has 0 spiro atoms. The predicted molar refractivity (Wildman–Crippen MR) is 95.4 cm³/mol. The number of aryl methyl sites for hydroxylation is 2. The number of nitrogens with one attached hydrogen (secondary N) is 2. The molecular formula is C19H19N3O2. The van der Waals surface area contributed by atoms with E-state index < -0.39 is 0 Å². The number of carbonyl (C=O) groups excluding carboxylic acids is 1. The summed E-state index contributed by atoms with van der Waals surface area (Å²) in [6.45, 7) is 3.86. The van der Waals surface area contributed by atoms with Crippen molar-refractivity contribution in [2.45, 2.75) is 13.8 Å². The lowest BCUT2D eigenvalue weighted by Crippen LogP contribution is -2.24. The van der Waals surface area contributed by atoms with E-state index in [2.05, 4.69) is 15.5 Å². The summed E-state index contributed by atoms with van der Waals surface area (Å²) in [5, 5.41) is 5.05. The highest BCUT2D eigenvalue weighted by atomic mass is 16.5. The fourth-order valence-corrected chi connectivity index (χ4v) is 2.41. The zero-order valence-electron chi connectivity index (χ0n) is 13.7. The van der Waals surface area contributed by atoms with Crippen LogP contribution in [0.4, 0.5) is 0 Å². The average Bonchev–Trinajstić information content (AvgIpc) is 2.99. The number of benzene rings is 2. The molecule has 5 heteroatoms. The number of H-pyrrole nitrogens is 1. The molecular weight excluding hydrogens is 302 g/mol. The second-order valence-electron chi connectivity index (χ2n) is 5.64. The van der Waals surface area contributed by atoms with Gasteiger partial charge in [-0.3, -0.25) is 4.79 Å². The monoisotopic (exact) mass is 321 g/mol.